The minimum Gasteiger partial charge on any atom is -0.501 e. The summed E-state index contributed by atoms with van der Waals surface area (Å²) < 4.78 is 11.2. The molecule has 5 nitrogen and oxygen atoms in total. The van der Waals surface area contributed by atoms with Gasteiger partial charge in [0.1, 0.15) is 0 Å². The van der Waals surface area contributed by atoms with Crippen molar-refractivity contribution in [1.82, 2.24) is 0 Å². The number of allylic oxidation sites excluding steroid dienone is 2. The average molecular weight is 424 g/mol. The molecule has 2 unspecified atom stereocenters. The normalized spacial score (nSPS) is 37.1. The van der Waals surface area contributed by atoms with E-state index in [-0.39, 0.29) is 11.3 Å². The lowest BCUT2D eigenvalue weighted by atomic mass is 9.51. The van der Waals surface area contributed by atoms with Crippen LogP contribution in [-0.2, 0) is 9.47 Å². The Morgan fingerprint density at radius 2 is 2.03 bits per heavy atom. The van der Waals surface area contributed by atoms with Crippen LogP contribution in [0.2, 0.25) is 0 Å². The summed E-state index contributed by atoms with van der Waals surface area (Å²) in [6.45, 7) is 3.46. The van der Waals surface area contributed by atoms with E-state index in [1.165, 1.54) is 22.9 Å². The SMILES string of the molecule is COC[C@]1(O)CCC2C3CCC4=COCCC4=C3[C@@H](c3ccc(C=NO)cc3)C[C@@]21C. The van der Waals surface area contributed by atoms with Crippen molar-refractivity contribution in [2.75, 3.05) is 20.3 Å². The van der Waals surface area contributed by atoms with Crippen molar-refractivity contribution in [2.45, 2.75) is 57.0 Å². The molecule has 0 bridgehead atoms. The lowest BCUT2D eigenvalue weighted by molar-refractivity contribution is -0.128. The van der Waals surface area contributed by atoms with Gasteiger partial charge >= 0.3 is 0 Å². The summed E-state index contributed by atoms with van der Waals surface area (Å²) in [6.07, 6.45) is 9.42. The fraction of sp³-hybridized carbons (Fsp3) is 0.577. The van der Waals surface area contributed by atoms with E-state index in [1.54, 1.807) is 12.7 Å². The Bertz CT molecular complexity index is 933. The predicted octanol–water partition coefficient (Wildman–Crippen LogP) is 4.79. The van der Waals surface area contributed by atoms with Crippen LogP contribution in [0.15, 0.2) is 52.4 Å². The van der Waals surface area contributed by atoms with E-state index >= 15 is 0 Å². The minimum atomic E-state index is -0.782. The summed E-state index contributed by atoms with van der Waals surface area (Å²) in [5.74, 6) is 1.25. The molecule has 5 atom stereocenters. The summed E-state index contributed by atoms with van der Waals surface area (Å²) in [6, 6.07) is 8.36. The van der Waals surface area contributed by atoms with Crippen LogP contribution in [-0.4, -0.2) is 42.5 Å². The van der Waals surface area contributed by atoms with Crippen LogP contribution in [0.1, 0.15) is 62.5 Å². The minimum absolute atomic E-state index is 0.181. The van der Waals surface area contributed by atoms with Crippen LogP contribution in [0.25, 0.3) is 0 Å². The predicted molar refractivity (Wildman–Crippen MR) is 119 cm³/mol. The van der Waals surface area contributed by atoms with Crippen LogP contribution in [0, 0.1) is 17.3 Å². The van der Waals surface area contributed by atoms with Gasteiger partial charge in [-0.3, -0.25) is 0 Å². The quantitative estimate of drug-likeness (QED) is 0.415. The summed E-state index contributed by atoms with van der Waals surface area (Å²) in [5, 5.41) is 23.8. The number of methoxy groups -OCH3 is 1. The third-order valence-corrected chi connectivity index (χ3v) is 8.72. The molecular weight excluding hydrogens is 390 g/mol. The monoisotopic (exact) mass is 423 g/mol. The number of fused-ring (bicyclic) bond motifs is 4. The molecule has 5 rings (SSSR count). The third kappa shape index (κ3) is 3.16. The van der Waals surface area contributed by atoms with E-state index in [2.05, 4.69) is 24.2 Å². The largest absolute Gasteiger partial charge is 0.501 e. The Morgan fingerprint density at radius 1 is 1.23 bits per heavy atom. The van der Waals surface area contributed by atoms with Crippen LogP contribution < -0.4 is 0 Å². The molecule has 2 N–H and O–H groups in total. The van der Waals surface area contributed by atoms with Gasteiger partial charge in [0.15, 0.2) is 0 Å². The van der Waals surface area contributed by atoms with Gasteiger partial charge in [-0.05, 0) is 66.2 Å². The van der Waals surface area contributed by atoms with Crippen LogP contribution in [0.4, 0.5) is 0 Å². The van der Waals surface area contributed by atoms with Gasteiger partial charge in [0.25, 0.3) is 0 Å². The summed E-state index contributed by atoms with van der Waals surface area (Å²) in [7, 11) is 1.70. The number of nitrogens with zero attached hydrogens (tertiary/aromatic N) is 1. The van der Waals surface area contributed by atoms with Crippen molar-refractivity contribution in [3.63, 3.8) is 0 Å². The maximum absolute atomic E-state index is 11.7. The first-order chi connectivity index (χ1) is 15.0. The molecule has 1 aromatic rings. The molecule has 31 heavy (non-hydrogen) atoms. The fourth-order valence-electron chi connectivity index (χ4n) is 7.19. The molecule has 0 spiro atoms. The fourth-order valence-corrected chi connectivity index (χ4v) is 7.19. The maximum Gasteiger partial charge on any atom is 0.0936 e. The first-order valence-electron chi connectivity index (χ1n) is 11.5. The molecule has 3 aliphatic carbocycles. The van der Waals surface area contributed by atoms with E-state index < -0.39 is 5.60 Å². The number of aliphatic hydroxyl groups is 1. The standard InChI is InChI=1S/C26H33NO4/c1-25-13-22(18-5-3-17(4-6-18)14-27-29)24-20-10-12-31-15-19(20)7-8-21(24)23(25)9-11-26(25,28)16-30-2/h3-6,14-15,21-23,28-29H,7-13,16H2,1-2H3/t21?,22-,23?,25+,26-/m1/s1. The van der Waals surface area contributed by atoms with Gasteiger partial charge in [-0.15, -0.1) is 0 Å². The van der Waals surface area contributed by atoms with Crippen LogP contribution in [0.5, 0.6) is 0 Å². The van der Waals surface area contributed by atoms with Crippen molar-refractivity contribution in [2.24, 2.45) is 22.4 Å². The number of benzene rings is 1. The van der Waals surface area contributed by atoms with Crippen molar-refractivity contribution in [3.05, 3.63) is 58.4 Å². The number of ether oxygens (including phenoxy) is 2. The van der Waals surface area contributed by atoms with Gasteiger partial charge in [0, 0.05) is 24.9 Å². The van der Waals surface area contributed by atoms with Crippen LogP contribution >= 0.6 is 0 Å². The van der Waals surface area contributed by atoms with Gasteiger partial charge in [-0.25, -0.2) is 0 Å². The van der Waals surface area contributed by atoms with E-state index in [9.17, 15) is 5.11 Å². The molecule has 2 saturated carbocycles. The highest BCUT2D eigenvalue weighted by atomic mass is 16.5. The molecular formula is C26H33NO4. The molecule has 4 aliphatic rings. The van der Waals surface area contributed by atoms with Crippen LogP contribution in [0.3, 0.4) is 0 Å². The Hall–Kier alpha value is -2.11. The Balaban J connectivity index is 1.63. The van der Waals surface area contributed by atoms with Gasteiger partial charge in [-0.1, -0.05) is 41.9 Å². The number of hydrogen-bond acceptors (Lipinski definition) is 5. The molecule has 5 heteroatoms. The molecule has 2 fully saturated rings. The van der Waals surface area contributed by atoms with Crippen molar-refractivity contribution in [1.29, 1.82) is 0 Å². The molecule has 166 valence electrons. The second-order valence-corrected chi connectivity index (χ2v) is 10.0. The highest BCUT2D eigenvalue weighted by Gasteiger charge is 2.62. The number of rotatable bonds is 4. The third-order valence-electron chi connectivity index (χ3n) is 8.72. The molecule has 0 amide bonds. The zero-order chi connectivity index (χ0) is 21.6. The maximum atomic E-state index is 11.7. The highest BCUT2D eigenvalue weighted by molar-refractivity contribution is 5.79. The number of hydrogen-bond donors (Lipinski definition) is 2. The van der Waals surface area contributed by atoms with E-state index in [4.69, 9.17) is 14.7 Å². The zero-order valence-electron chi connectivity index (χ0n) is 18.5. The Labute approximate surface area is 184 Å². The van der Waals surface area contributed by atoms with Gasteiger partial charge in [0.05, 0.1) is 31.3 Å². The van der Waals surface area contributed by atoms with Crippen molar-refractivity contribution < 1.29 is 19.8 Å². The Morgan fingerprint density at radius 3 is 2.77 bits per heavy atom. The van der Waals surface area contributed by atoms with Crippen molar-refractivity contribution in [3.8, 4) is 0 Å². The van der Waals surface area contributed by atoms with Crippen molar-refractivity contribution >= 4 is 6.21 Å². The lowest BCUT2D eigenvalue weighted by Gasteiger charge is -2.54. The van der Waals surface area contributed by atoms with E-state index in [0.29, 0.717) is 18.4 Å². The smallest absolute Gasteiger partial charge is 0.0936 e. The highest BCUT2D eigenvalue weighted by Crippen LogP contribution is 2.66. The number of oxime groups is 1. The Kier molecular flexibility index (Phi) is 5.22. The topological polar surface area (TPSA) is 71.3 Å². The van der Waals surface area contributed by atoms with Gasteiger partial charge in [0.2, 0.25) is 0 Å². The molecule has 0 aromatic heterocycles. The average Bonchev–Trinajstić information content (AvgIpc) is 3.04. The second-order valence-electron chi connectivity index (χ2n) is 10.0. The lowest BCUT2D eigenvalue weighted by Crippen LogP contribution is -2.53. The first-order valence-corrected chi connectivity index (χ1v) is 11.5. The van der Waals surface area contributed by atoms with Gasteiger partial charge in [-0.2, -0.15) is 0 Å². The molecule has 1 aliphatic heterocycles. The molecule has 1 heterocycles. The van der Waals surface area contributed by atoms with E-state index in [0.717, 1.165) is 50.7 Å². The second kappa shape index (κ2) is 7.79. The summed E-state index contributed by atoms with van der Waals surface area (Å²) in [5.41, 5.74) is 5.68. The molecule has 0 radical (unpaired) electrons. The van der Waals surface area contributed by atoms with Gasteiger partial charge < -0.3 is 19.8 Å². The summed E-state index contributed by atoms with van der Waals surface area (Å²) in [4.78, 5) is 0. The zero-order valence-corrected chi connectivity index (χ0v) is 18.5. The molecule has 1 aromatic carbocycles. The molecule has 0 saturated heterocycles. The summed E-state index contributed by atoms with van der Waals surface area (Å²) >= 11 is 0. The van der Waals surface area contributed by atoms with E-state index in [1.807, 2.05) is 18.4 Å². The first kappa shape index (κ1) is 20.8.